The Kier molecular flexibility index (Phi) is 4.35. The molecule has 0 fully saturated rings. The second-order valence-corrected chi connectivity index (χ2v) is 6.44. The normalized spacial score (nSPS) is 10.8. The van der Waals surface area contributed by atoms with Crippen LogP contribution in [0.2, 0.25) is 0 Å². The second-order valence-electron chi connectivity index (χ2n) is 6.44. The molecule has 6 heteroatoms. The summed E-state index contributed by atoms with van der Waals surface area (Å²) in [4.78, 5) is 17.7. The van der Waals surface area contributed by atoms with Crippen molar-refractivity contribution in [2.75, 3.05) is 0 Å². The Balaban J connectivity index is 1.62. The van der Waals surface area contributed by atoms with Crippen molar-refractivity contribution in [3.63, 3.8) is 0 Å². The summed E-state index contributed by atoms with van der Waals surface area (Å²) in [6, 6.07) is 23.9. The summed E-state index contributed by atoms with van der Waals surface area (Å²) < 4.78 is 1.73. The number of rotatable bonds is 4. The number of hydrogen-bond acceptors (Lipinski definition) is 5. The molecule has 0 amide bonds. The number of aromatic nitrogens is 6. The fourth-order valence-electron chi connectivity index (χ4n) is 3.14. The maximum atomic E-state index is 4.81. The molecule has 4 aromatic heterocycles. The fourth-order valence-corrected chi connectivity index (χ4v) is 3.14. The lowest BCUT2D eigenvalue weighted by Crippen LogP contribution is -1.95. The molecule has 0 saturated heterocycles. The third-order valence-corrected chi connectivity index (χ3v) is 4.56. The van der Waals surface area contributed by atoms with Crippen LogP contribution in [0.15, 0.2) is 97.8 Å². The Bertz CT molecular complexity index is 1160. The van der Waals surface area contributed by atoms with E-state index in [-0.39, 0.29) is 0 Å². The molecule has 0 bridgehead atoms. The zero-order valence-electron chi connectivity index (χ0n) is 15.4. The molecule has 0 aliphatic carbocycles. The van der Waals surface area contributed by atoms with Crippen LogP contribution in [0.3, 0.4) is 0 Å². The first-order valence-corrected chi connectivity index (χ1v) is 9.17. The van der Waals surface area contributed by atoms with Gasteiger partial charge in [0.15, 0.2) is 0 Å². The highest BCUT2D eigenvalue weighted by Gasteiger charge is 2.10. The molecule has 29 heavy (non-hydrogen) atoms. The average Bonchev–Trinajstić information content (AvgIpc) is 3.35. The van der Waals surface area contributed by atoms with Crippen molar-refractivity contribution in [2.45, 2.75) is 0 Å². The summed E-state index contributed by atoms with van der Waals surface area (Å²) in [5.74, 6) is 0. The zero-order chi connectivity index (χ0) is 19.5. The van der Waals surface area contributed by atoms with Gasteiger partial charge in [0, 0.05) is 12.4 Å². The highest BCUT2D eigenvalue weighted by molar-refractivity contribution is 5.75. The van der Waals surface area contributed by atoms with E-state index in [1.54, 1.807) is 23.4 Å². The number of benzene rings is 1. The van der Waals surface area contributed by atoms with Crippen molar-refractivity contribution >= 4 is 0 Å². The van der Waals surface area contributed by atoms with Crippen LogP contribution in [0.4, 0.5) is 0 Å². The van der Waals surface area contributed by atoms with Crippen LogP contribution < -0.4 is 0 Å². The first kappa shape index (κ1) is 16.9. The van der Waals surface area contributed by atoms with Gasteiger partial charge in [0.2, 0.25) is 0 Å². The molecule has 0 N–H and O–H groups in total. The molecule has 0 aliphatic heterocycles. The molecule has 5 aromatic rings. The monoisotopic (exact) mass is 376 g/mol. The highest BCUT2D eigenvalue weighted by Crippen LogP contribution is 2.29. The maximum Gasteiger partial charge on any atom is 0.138 e. The highest BCUT2D eigenvalue weighted by atomic mass is 15.3. The van der Waals surface area contributed by atoms with Gasteiger partial charge < -0.3 is 0 Å². The Morgan fingerprint density at radius 3 is 1.79 bits per heavy atom. The number of hydrogen-bond donors (Lipinski definition) is 0. The van der Waals surface area contributed by atoms with Crippen LogP contribution >= 0.6 is 0 Å². The summed E-state index contributed by atoms with van der Waals surface area (Å²) in [6.07, 6.45) is 6.75. The molecule has 0 aliphatic rings. The second kappa shape index (κ2) is 7.44. The van der Waals surface area contributed by atoms with Crippen molar-refractivity contribution < 1.29 is 0 Å². The Labute approximate surface area is 167 Å². The quantitative estimate of drug-likeness (QED) is 0.463. The van der Waals surface area contributed by atoms with Gasteiger partial charge in [-0.3, -0.25) is 9.97 Å². The minimum Gasteiger partial charge on any atom is -0.255 e. The summed E-state index contributed by atoms with van der Waals surface area (Å²) in [5, 5.41) is 4.18. The van der Waals surface area contributed by atoms with E-state index in [2.05, 4.69) is 44.3 Å². The first-order chi connectivity index (χ1) is 14.4. The lowest BCUT2D eigenvalue weighted by Gasteiger charge is -2.10. The van der Waals surface area contributed by atoms with E-state index in [4.69, 9.17) is 4.98 Å². The van der Waals surface area contributed by atoms with E-state index in [1.807, 2.05) is 48.5 Å². The van der Waals surface area contributed by atoms with Crippen LogP contribution in [0.1, 0.15) is 0 Å². The molecule has 1 aromatic carbocycles. The molecular weight excluding hydrogens is 360 g/mol. The van der Waals surface area contributed by atoms with Crippen LogP contribution in [-0.2, 0) is 0 Å². The average molecular weight is 376 g/mol. The SMILES string of the molecule is c1ccc(-c2cc(-c3ccc(-n4cncn4)cc3)cc(-c3ccccn3)n2)nc1. The summed E-state index contributed by atoms with van der Waals surface area (Å²) >= 11 is 0. The zero-order valence-corrected chi connectivity index (χ0v) is 15.4. The van der Waals surface area contributed by atoms with E-state index in [0.717, 1.165) is 39.6 Å². The minimum atomic E-state index is 0.809. The topological polar surface area (TPSA) is 69.4 Å². The molecule has 0 saturated carbocycles. The van der Waals surface area contributed by atoms with E-state index >= 15 is 0 Å². The summed E-state index contributed by atoms with van der Waals surface area (Å²) in [7, 11) is 0. The smallest absolute Gasteiger partial charge is 0.138 e. The molecule has 0 atom stereocenters. The first-order valence-electron chi connectivity index (χ1n) is 9.17. The van der Waals surface area contributed by atoms with E-state index in [1.165, 1.54) is 6.33 Å². The third-order valence-electron chi connectivity index (χ3n) is 4.56. The largest absolute Gasteiger partial charge is 0.255 e. The molecule has 5 rings (SSSR count). The van der Waals surface area contributed by atoms with Gasteiger partial charge in [-0.15, -0.1) is 0 Å². The lowest BCUT2D eigenvalue weighted by atomic mass is 10.0. The Morgan fingerprint density at radius 2 is 1.28 bits per heavy atom. The lowest BCUT2D eigenvalue weighted by molar-refractivity contribution is 0.879. The van der Waals surface area contributed by atoms with Gasteiger partial charge in [-0.1, -0.05) is 24.3 Å². The maximum absolute atomic E-state index is 4.81. The molecule has 6 nitrogen and oxygen atoms in total. The molecule has 0 spiro atoms. The predicted molar refractivity (Wildman–Crippen MR) is 111 cm³/mol. The van der Waals surface area contributed by atoms with Crippen molar-refractivity contribution in [2.24, 2.45) is 0 Å². The van der Waals surface area contributed by atoms with Crippen LogP contribution in [0.25, 0.3) is 39.6 Å². The van der Waals surface area contributed by atoms with Crippen molar-refractivity contribution in [1.82, 2.24) is 29.7 Å². The molecule has 138 valence electrons. The van der Waals surface area contributed by atoms with E-state index in [0.29, 0.717) is 0 Å². The molecular formula is C23H16N6. The van der Waals surface area contributed by atoms with Gasteiger partial charge in [0.1, 0.15) is 12.7 Å². The van der Waals surface area contributed by atoms with Gasteiger partial charge >= 0.3 is 0 Å². The Hall–Kier alpha value is -4.19. The van der Waals surface area contributed by atoms with Crippen molar-refractivity contribution in [3.8, 4) is 39.6 Å². The van der Waals surface area contributed by atoms with Crippen molar-refractivity contribution in [3.05, 3.63) is 97.8 Å². The van der Waals surface area contributed by atoms with Gasteiger partial charge in [-0.05, 0) is 59.7 Å². The minimum absolute atomic E-state index is 0.809. The standard InChI is InChI=1S/C23H16N6/c1-3-11-25-20(5-1)22-13-18(14-23(28-22)21-6-2-4-12-26-21)17-7-9-19(10-8-17)29-16-24-15-27-29/h1-16H. The van der Waals surface area contributed by atoms with E-state index < -0.39 is 0 Å². The fraction of sp³-hybridized carbons (Fsp3) is 0. The summed E-state index contributed by atoms with van der Waals surface area (Å²) in [5.41, 5.74) is 6.34. The van der Waals surface area contributed by atoms with Gasteiger partial charge in [-0.2, -0.15) is 5.10 Å². The van der Waals surface area contributed by atoms with Gasteiger partial charge in [0.05, 0.1) is 28.5 Å². The third kappa shape index (κ3) is 3.51. The molecule has 0 unspecified atom stereocenters. The van der Waals surface area contributed by atoms with Gasteiger partial charge in [0.25, 0.3) is 0 Å². The van der Waals surface area contributed by atoms with Crippen LogP contribution in [0.5, 0.6) is 0 Å². The molecule has 0 radical (unpaired) electrons. The summed E-state index contributed by atoms with van der Waals surface area (Å²) in [6.45, 7) is 0. The number of nitrogens with zero attached hydrogens (tertiary/aromatic N) is 6. The van der Waals surface area contributed by atoms with Gasteiger partial charge in [-0.25, -0.2) is 14.6 Å². The molecule has 4 heterocycles. The van der Waals surface area contributed by atoms with Crippen LogP contribution in [-0.4, -0.2) is 29.7 Å². The van der Waals surface area contributed by atoms with Crippen molar-refractivity contribution in [1.29, 1.82) is 0 Å². The predicted octanol–water partition coefficient (Wildman–Crippen LogP) is 4.45. The Morgan fingerprint density at radius 1 is 0.621 bits per heavy atom. The number of pyridine rings is 3. The van der Waals surface area contributed by atoms with E-state index in [9.17, 15) is 0 Å². The van der Waals surface area contributed by atoms with Crippen LogP contribution in [0, 0.1) is 0 Å².